The number of hydrogen-bond donors (Lipinski definition) is 2. The van der Waals surface area contributed by atoms with Crippen molar-refractivity contribution in [2.75, 3.05) is 19.7 Å². The fourth-order valence-electron chi connectivity index (χ4n) is 1.94. The molecule has 1 unspecified atom stereocenters. The van der Waals surface area contributed by atoms with Gasteiger partial charge in [0.15, 0.2) is 0 Å². The Balaban J connectivity index is 2.54. The lowest BCUT2D eigenvalue weighted by molar-refractivity contribution is 0.216. The van der Waals surface area contributed by atoms with Crippen LogP contribution in [0.2, 0.25) is 0 Å². The minimum atomic E-state index is 0.0948. The van der Waals surface area contributed by atoms with E-state index in [9.17, 15) is 0 Å². The van der Waals surface area contributed by atoms with Crippen LogP contribution >= 0.6 is 15.9 Å². The Morgan fingerprint density at radius 2 is 2.11 bits per heavy atom. The van der Waals surface area contributed by atoms with Gasteiger partial charge in [-0.2, -0.15) is 0 Å². The molecule has 0 radical (unpaired) electrons. The molecule has 1 aromatic carbocycles. The summed E-state index contributed by atoms with van der Waals surface area (Å²) in [5.74, 6) is 0.364. The first-order valence-corrected chi connectivity index (χ1v) is 7.36. The maximum absolute atomic E-state index is 9.16. The first-order chi connectivity index (χ1) is 8.49. The second-order valence-corrected chi connectivity index (χ2v) is 6.40. The highest BCUT2D eigenvalue weighted by Gasteiger charge is 2.20. The molecule has 2 N–H and O–H groups in total. The summed E-state index contributed by atoms with van der Waals surface area (Å²) < 4.78 is 1.12. The van der Waals surface area contributed by atoms with E-state index >= 15 is 0 Å². The molecule has 0 aliphatic rings. The normalized spacial score (nSPS) is 13.6. The smallest absolute Gasteiger partial charge is 0.0471 e. The van der Waals surface area contributed by atoms with E-state index in [0.29, 0.717) is 5.92 Å². The minimum Gasteiger partial charge on any atom is -0.396 e. The first-order valence-electron chi connectivity index (χ1n) is 6.57. The maximum Gasteiger partial charge on any atom is 0.0471 e. The van der Waals surface area contributed by atoms with Crippen LogP contribution in [0.3, 0.4) is 0 Å². The minimum absolute atomic E-state index is 0.0948. The van der Waals surface area contributed by atoms with Gasteiger partial charge < -0.3 is 10.4 Å². The average molecular weight is 314 g/mol. The molecule has 0 bridgehead atoms. The van der Waals surface area contributed by atoms with Crippen molar-refractivity contribution in [1.29, 1.82) is 0 Å². The van der Waals surface area contributed by atoms with Crippen LogP contribution in [0.15, 0.2) is 28.7 Å². The Bertz CT molecular complexity index is 361. The summed E-state index contributed by atoms with van der Waals surface area (Å²) in [6.45, 7) is 8.65. The number of hydrogen-bond acceptors (Lipinski definition) is 2. The lowest BCUT2D eigenvalue weighted by atomic mass is 9.84. The summed E-state index contributed by atoms with van der Waals surface area (Å²) in [5.41, 5.74) is 1.42. The Kier molecular flexibility index (Phi) is 6.33. The SMILES string of the molecule is CCC(CO)CNCC(C)(C)c1cccc(Br)c1. The molecule has 0 spiro atoms. The van der Waals surface area contributed by atoms with Gasteiger partial charge in [0.05, 0.1) is 0 Å². The van der Waals surface area contributed by atoms with Gasteiger partial charge in [0.2, 0.25) is 0 Å². The topological polar surface area (TPSA) is 32.3 Å². The number of nitrogens with one attached hydrogen (secondary N) is 1. The highest BCUT2D eigenvalue weighted by molar-refractivity contribution is 9.10. The molecule has 0 saturated carbocycles. The summed E-state index contributed by atoms with van der Waals surface area (Å²) in [4.78, 5) is 0. The molecule has 18 heavy (non-hydrogen) atoms. The van der Waals surface area contributed by atoms with Gasteiger partial charge >= 0.3 is 0 Å². The molecule has 0 saturated heterocycles. The van der Waals surface area contributed by atoms with Gasteiger partial charge in [-0.05, 0) is 30.0 Å². The van der Waals surface area contributed by atoms with Gasteiger partial charge in [-0.1, -0.05) is 48.8 Å². The molecule has 2 nitrogen and oxygen atoms in total. The predicted octanol–water partition coefficient (Wildman–Crippen LogP) is 3.33. The van der Waals surface area contributed by atoms with Crippen molar-refractivity contribution in [3.05, 3.63) is 34.3 Å². The molecule has 0 heterocycles. The van der Waals surface area contributed by atoms with E-state index in [0.717, 1.165) is 24.0 Å². The number of aliphatic hydroxyl groups is 1. The Labute approximate surface area is 119 Å². The van der Waals surface area contributed by atoms with Crippen LogP contribution in [-0.2, 0) is 5.41 Å². The highest BCUT2D eigenvalue weighted by atomic mass is 79.9. The second-order valence-electron chi connectivity index (χ2n) is 5.48. The Morgan fingerprint density at radius 3 is 2.67 bits per heavy atom. The largest absolute Gasteiger partial charge is 0.396 e. The number of aliphatic hydroxyl groups excluding tert-OH is 1. The monoisotopic (exact) mass is 313 g/mol. The van der Waals surface area contributed by atoms with Crippen LogP contribution in [0.5, 0.6) is 0 Å². The van der Waals surface area contributed by atoms with Gasteiger partial charge in [0, 0.05) is 29.6 Å². The number of rotatable bonds is 7. The summed E-state index contributed by atoms with van der Waals surface area (Å²) in [6, 6.07) is 8.45. The van der Waals surface area contributed by atoms with Crippen molar-refractivity contribution in [2.45, 2.75) is 32.6 Å². The fourth-order valence-corrected chi connectivity index (χ4v) is 2.34. The average Bonchev–Trinajstić information content (AvgIpc) is 2.34. The van der Waals surface area contributed by atoms with Crippen LogP contribution in [0.4, 0.5) is 0 Å². The van der Waals surface area contributed by atoms with E-state index < -0.39 is 0 Å². The summed E-state index contributed by atoms with van der Waals surface area (Å²) in [6.07, 6.45) is 1.01. The van der Waals surface area contributed by atoms with E-state index in [1.807, 2.05) is 6.07 Å². The zero-order valence-electron chi connectivity index (χ0n) is 11.5. The van der Waals surface area contributed by atoms with Crippen LogP contribution in [-0.4, -0.2) is 24.8 Å². The van der Waals surface area contributed by atoms with Gasteiger partial charge in [-0.3, -0.25) is 0 Å². The van der Waals surface area contributed by atoms with Crippen LogP contribution in [0, 0.1) is 5.92 Å². The molecular formula is C15H24BrNO. The van der Waals surface area contributed by atoms with E-state index in [4.69, 9.17) is 5.11 Å². The first kappa shape index (κ1) is 15.7. The summed E-state index contributed by atoms with van der Waals surface area (Å²) >= 11 is 3.51. The third-order valence-electron chi connectivity index (χ3n) is 3.44. The Morgan fingerprint density at radius 1 is 1.39 bits per heavy atom. The number of halogens is 1. The Hall–Kier alpha value is -0.380. The van der Waals surface area contributed by atoms with Crippen molar-refractivity contribution >= 4 is 15.9 Å². The molecule has 0 aromatic heterocycles. The maximum atomic E-state index is 9.16. The van der Waals surface area contributed by atoms with Gasteiger partial charge in [0.1, 0.15) is 0 Å². The predicted molar refractivity (Wildman–Crippen MR) is 80.9 cm³/mol. The molecule has 0 amide bonds. The van der Waals surface area contributed by atoms with E-state index in [-0.39, 0.29) is 12.0 Å². The van der Waals surface area contributed by atoms with E-state index in [2.05, 4.69) is 60.2 Å². The van der Waals surface area contributed by atoms with Crippen LogP contribution < -0.4 is 5.32 Å². The third kappa shape index (κ3) is 4.71. The molecule has 0 aliphatic carbocycles. The molecule has 0 aliphatic heterocycles. The summed E-state index contributed by atoms with van der Waals surface area (Å²) in [7, 11) is 0. The quantitative estimate of drug-likeness (QED) is 0.809. The zero-order chi connectivity index (χ0) is 13.6. The lowest BCUT2D eigenvalue weighted by Gasteiger charge is -2.27. The van der Waals surface area contributed by atoms with Gasteiger partial charge in [-0.25, -0.2) is 0 Å². The van der Waals surface area contributed by atoms with E-state index in [1.54, 1.807) is 0 Å². The summed E-state index contributed by atoms with van der Waals surface area (Å²) in [5, 5.41) is 12.6. The van der Waals surface area contributed by atoms with Crippen LogP contribution in [0.25, 0.3) is 0 Å². The van der Waals surface area contributed by atoms with Crippen molar-refractivity contribution in [1.82, 2.24) is 5.32 Å². The molecule has 1 atom stereocenters. The standard InChI is InChI=1S/C15H24BrNO/c1-4-12(10-18)9-17-11-15(2,3)13-6-5-7-14(16)8-13/h5-8,12,17-18H,4,9-11H2,1-3H3. The lowest BCUT2D eigenvalue weighted by Crippen LogP contribution is -2.36. The number of benzene rings is 1. The molecular weight excluding hydrogens is 290 g/mol. The van der Waals surface area contributed by atoms with Gasteiger partial charge in [-0.15, -0.1) is 0 Å². The molecule has 0 fully saturated rings. The van der Waals surface area contributed by atoms with Crippen LogP contribution in [0.1, 0.15) is 32.8 Å². The second kappa shape index (κ2) is 7.27. The molecule has 1 rings (SSSR count). The van der Waals surface area contributed by atoms with Crippen molar-refractivity contribution < 1.29 is 5.11 Å². The van der Waals surface area contributed by atoms with Crippen molar-refractivity contribution in [2.24, 2.45) is 5.92 Å². The van der Waals surface area contributed by atoms with Crippen molar-refractivity contribution in [3.63, 3.8) is 0 Å². The van der Waals surface area contributed by atoms with Gasteiger partial charge in [0.25, 0.3) is 0 Å². The zero-order valence-corrected chi connectivity index (χ0v) is 13.1. The van der Waals surface area contributed by atoms with E-state index in [1.165, 1.54) is 5.56 Å². The molecule has 1 aromatic rings. The molecule has 102 valence electrons. The highest BCUT2D eigenvalue weighted by Crippen LogP contribution is 2.25. The molecule has 3 heteroatoms. The van der Waals surface area contributed by atoms with Crippen molar-refractivity contribution in [3.8, 4) is 0 Å². The third-order valence-corrected chi connectivity index (χ3v) is 3.93. The fraction of sp³-hybridized carbons (Fsp3) is 0.600.